The van der Waals surface area contributed by atoms with Gasteiger partial charge in [0.05, 0.1) is 28.8 Å². The molecule has 1 fully saturated rings. The summed E-state index contributed by atoms with van der Waals surface area (Å²) in [4.78, 5) is 23.6. The van der Waals surface area contributed by atoms with E-state index in [0.29, 0.717) is 29.8 Å². The number of rotatable bonds is 10. The van der Waals surface area contributed by atoms with Crippen LogP contribution in [0.15, 0.2) is 45.3 Å². The van der Waals surface area contributed by atoms with Crippen LogP contribution in [0.4, 0.5) is 5.13 Å². The van der Waals surface area contributed by atoms with Gasteiger partial charge in [0.2, 0.25) is 11.8 Å². The Kier molecular flexibility index (Phi) is 8.28. The van der Waals surface area contributed by atoms with Gasteiger partial charge < -0.3 is 14.5 Å². The first-order valence-electron chi connectivity index (χ1n) is 11.6. The molecule has 0 saturated carbocycles. The van der Waals surface area contributed by atoms with Gasteiger partial charge in [-0.2, -0.15) is 0 Å². The molecule has 182 valence electrons. The van der Waals surface area contributed by atoms with E-state index in [4.69, 9.17) is 9.15 Å². The lowest BCUT2D eigenvalue weighted by atomic mass is 9.94. The lowest BCUT2D eigenvalue weighted by Crippen LogP contribution is -2.25. The number of thiazole rings is 1. The van der Waals surface area contributed by atoms with Crippen LogP contribution in [0.2, 0.25) is 0 Å². The van der Waals surface area contributed by atoms with Crippen molar-refractivity contribution in [3.63, 3.8) is 0 Å². The van der Waals surface area contributed by atoms with Crippen LogP contribution in [0.5, 0.6) is 5.75 Å². The molecule has 1 aliphatic heterocycles. The smallest absolute Gasteiger partial charge is 0.230 e. The molecule has 1 saturated heterocycles. The van der Waals surface area contributed by atoms with Crippen molar-refractivity contribution in [3.8, 4) is 5.75 Å². The second-order valence-corrected chi connectivity index (χ2v) is 11.7. The van der Waals surface area contributed by atoms with Crippen LogP contribution in [0.3, 0.4) is 0 Å². The Hall–Kier alpha value is -2.36. The molecule has 34 heavy (non-hydrogen) atoms. The number of oxazole rings is 1. The van der Waals surface area contributed by atoms with Crippen molar-refractivity contribution in [3.05, 3.63) is 53.9 Å². The summed E-state index contributed by atoms with van der Waals surface area (Å²) in [7, 11) is 0. The minimum atomic E-state index is -0.0869. The Balaban J connectivity index is 1.19. The molecule has 1 aliphatic rings. The molecule has 3 aromatic rings. The standard InChI is InChI=1S/C25H32N4O3S2/c1-25(2,3)20-15-26-22(32-20)17-33-23-16-27-24(34-23)28-21(30)14-18-6-8-19(9-7-18)31-13-12-29-10-4-5-11-29/h6-9,15-16H,4-5,10-14,17H2,1-3H3,(H,27,28,30). The second-order valence-electron chi connectivity index (χ2n) is 9.41. The number of nitrogens with zero attached hydrogens (tertiary/aromatic N) is 3. The van der Waals surface area contributed by atoms with Crippen LogP contribution in [-0.4, -0.2) is 47.0 Å². The van der Waals surface area contributed by atoms with Crippen LogP contribution < -0.4 is 10.1 Å². The minimum Gasteiger partial charge on any atom is -0.492 e. The van der Waals surface area contributed by atoms with Gasteiger partial charge in [0.1, 0.15) is 18.1 Å². The summed E-state index contributed by atoms with van der Waals surface area (Å²) in [5.41, 5.74) is 0.882. The topological polar surface area (TPSA) is 80.5 Å². The number of thioether (sulfide) groups is 1. The van der Waals surface area contributed by atoms with Gasteiger partial charge in [-0.15, -0.1) is 11.8 Å². The van der Waals surface area contributed by atoms with Crippen LogP contribution in [0, 0.1) is 0 Å². The van der Waals surface area contributed by atoms with E-state index in [1.165, 1.54) is 37.3 Å². The average Bonchev–Trinajstić information content (AvgIpc) is 3.55. The van der Waals surface area contributed by atoms with Gasteiger partial charge in [-0.1, -0.05) is 44.2 Å². The monoisotopic (exact) mass is 500 g/mol. The first kappa shape index (κ1) is 24.8. The van der Waals surface area contributed by atoms with Crippen LogP contribution >= 0.6 is 23.1 Å². The molecular formula is C25H32N4O3S2. The van der Waals surface area contributed by atoms with Gasteiger partial charge in [0, 0.05) is 12.0 Å². The van der Waals surface area contributed by atoms with Crippen molar-refractivity contribution < 1.29 is 13.9 Å². The summed E-state index contributed by atoms with van der Waals surface area (Å²) >= 11 is 3.05. The maximum absolute atomic E-state index is 12.5. The van der Waals surface area contributed by atoms with Crippen molar-refractivity contribution in [1.82, 2.24) is 14.9 Å². The molecule has 0 unspecified atom stereocenters. The summed E-state index contributed by atoms with van der Waals surface area (Å²) in [6.45, 7) is 10.3. The lowest BCUT2D eigenvalue weighted by molar-refractivity contribution is -0.115. The van der Waals surface area contributed by atoms with Gasteiger partial charge in [0.25, 0.3) is 0 Å². The lowest BCUT2D eigenvalue weighted by Gasteiger charge is -2.15. The summed E-state index contributed by atoms with van der Waals surface area (Å²) in [6.07, 6.45) is 6.44. The van der Waals surface area contributed by atoms with E-state index in [2.05, 4.69) is 41.0 Å². The Morgan fingerprint density at radius 3 is 2.65 bits per heavy atom. The molecule has 0 atom stereocenters. The Morgan fingerprint density at radius 2 is 1.94 bits per heavy atom. The van der Waals surface area contributed by atoms with Crippen LogP contribution in [0.1, 0.15) is 50.8 Å². The summed E-state index contributed by atoms with van der Waals surface area (Å²) in [6, 6.07) is 7.74. The molecule has 0 bridgehead atoms. The number of ether oxygens (including phenoxy) is 1. The van der Waals surface area contributed by atoms with Gasteiger partial charge in [-0.05, 0) is 43.6 Å². The fourth-order valence-corrected chi connectivity index (χ4v) is 5.33. The highest BCUT2D eigenvalue weighted by Gasteiger charge is 2.19. The summed E-state index contributed by atoms with van der Waals surface area (Å²) in [5.74, 6) is 2.94. The zero-order valence-corrected chi connectivity index (χ0v) is 21.6. The van der Waals surface area contributed by atoms with E-state index in [1.807, 2.05) is 24.3 Å². The predicted molar refractivity (Wildman–Crippen MR) is 137 cm³/mol. The molecule has 7 nitrogen and oxygen atoms in total. The minimum absolute atomic E-state index is 0.0570. The number of anilines is 1. The number of carbonyl (C=O) groups excluding carboxylic acids is 1. The third-order valence-corrected chi connectivity index (χ3v) is 7.62. The number of aromatic nitrogens is 2. The molecule has 2 aromatic heterocycles. The SMILES string of the molecule is CC(C)(C)c1cnc(CSc2cnc(NC(=O)Cc3ccc(OCCN4CCCC4)cc3)s2)o1. The third-order valence-electron chi connectivity index (χ3n) is 5.52. The zero-order valence-electron chi connectivity index (χ0n) is 20.0. The molecule has 0 spiro atoms. The average molecular weight is 501 g/mol. The first-order valence-corrected chi connectivity index (χ1v) is 13.4. The predicted octanol–water partition coefficient (Wildman–Crippen LogP) is 5.38. The highest BCUT2D eigenvalue weighted by Crippen LogP contribution is 2.31. The molecule has 0 aliphatic carbocycles. The van der Waals surface area contributed by atoms with E-state index in [1.54, 1.807) is 24.2 Å². The fraction of sp³-hybridized carbons (Fsp3) is 0.480. The maximum Gasteiger partial charge on any atom is 0.230 e. The number of nitrogens with one attached hydrogen (secondary N) is 1. The number of benzene rings is 1. The fourth-order valence-electron chi connectivity index (χ4n) is 3.59. The van der Waals surface area contributed by atoms with Crippen molar-refractivity contribution in [2.45, 2.75) is 55.4 Å². The number of hydrogen-bond acceptors (Lipinski definition) is 8. The number of hydrogen-bond donors (Lipinski definition) is 1. The maximum atomic E-state index is 12.5. The molecule has 1 N–H and O–H groups in total. The normalized spacial score (nSPS) is 14.4. The van der Waals surface area contributed by atoms with Crippen molar-refractivity contribution in [2.24, 2.45) is 0 Å². The number of amides is 1. The highest BCUT2D eigenvalue weighted by molar-refractivity contribution is 8.00. The van der Waals surface area contributed by atoms with E-state index >= 15 is 0 Å². The summed E-state index contributed by atoms with van der Waals surface area (Å²) < 4.78 is 12.7. The van der Waals surface area contributed by atoms with E-state index < -0.39 is 0 Å². The van der Waals surface area contributed by atoms with Crippen molar-refractivity contribution >= 4 is 34.1 Å². The van der Waals surface area contributed by atoms with Gasteiger partial charge in [-0.3, -0.25) is 9.69 Å². The quantitative estimate of drug-likeness (QED) is 0.375. The summed E-state index contributed by atoms with van der Waals surface area (Å²) in [5, 5.41) is 3.49. The van der Waals surface area contributed by atoms with Gasteiger partial charge in [0.15, 0.2) is 5.13 Å². The van der Waals surface area contributed by atoms with E-state index in [0.717, 1.165) is 27.8 Å². The molecule has 0 radical (unpaired) electrons. The number of carbonyl (C=O) groups is 1. The third kappa shape index (κ3) is 7.32. The molecular weight excluding hydrogens is 468 g/mol. The van der Waals surface area contributed by atoms with Crippen LogP contribution in [-0.2, 0) is 22.4 Å². The highest BCUT2D eigenvalue weighted by atomic mass is 32.2. The number of likely N-dealkylation sites (tertiary alicyclic amines) is 1. The van der Waals surface area contributed by atoms with Gasteiger partial charge >= 0.3 is 0 Å². The van der Waals surface area contributed by atoms with E-state index in [-0.39, 0.29) is 11.3 Å². The zero-order chi connectivity index (χ0) is 24.0. The molecule has 3 heterocycles. The van der Waals surface area contributed by atoms with E-state index in [9.17, 15) is 4.79 Å². The second kappa shape index (κ2) is 11.4. The van der Waals surface area contributed by atoms with Crippen LogP contribution in [0.25, 0.3) is 0 Å². The van der Waals surface area contributed by atoms with Crippen molar-refractivity contribution in [2.75, 3.05) is 31.6 Å². The van der Waals surface area contributed by atoms with Crippen molar-refractivity contribution in [1.29, 1.82) is 0 Å². The van der Waals surface area contributed by atoms with Gasteiger partial charge in [-0.25, -0.2) is 9.97 Å². The largest absolute Gasteiger partial charge is 0.492 e. The first-order chi connectivity index (χ1) is 16.3. The molecule has 1 amide bonds. The Labute approximate surface area is 209 Å². The molecule has 9 heteroatoms. The Bertz CT molecular complexity index is 1070. The Morgan fingerprint density at radius 1 is 1.18 bits per heavy atom. The molecule has 4 rings (SSSR count). The molecule has 1 aromatic carbocycles.